The third-order valence-electron chi connectivity index (χ3n) is 5.70. The normalized spacial score (nSPS) is 21.5. The smallest absolute Gasteiger partial charge is 0.243 e. The number of benzene rings is 1. The predicted molar refractivity (Wildman–Crippen MR) is 104 cm³/mol. The highest BCUT2D eigenvalue weighted by Crippen LogP contribution is 2.37. The molecule has 1 aromatic rings. The van der Waals surface area contributed by atoms with Gasteiger partial charge in [-0.25, -0.2) is 0 Å². The van der Waals surface area contributed by atoms with E-state index in [1.807, 2.05) is 32.0 Å². The number of likely N-dealkylation sites (tertiary alicyclic amines) is 1. The van der Waals surface area contributed by atoms with Crippen molar-refractivity contribution in [2.75, 3.05) is 25.5 Å². The van der Waals surface area contributed by atoms with Gasteiger partial charge in [0.2, 0.25) is 23.6 Å². The first-order valence-electron chi connectivity index (χ1n) is 9.74. The SMILES string of the molecule is Cc1ccc(C)c(NC(=O)CN(C)C(=O)CN2C(=O)[C@@H]3CCCC[C@H]3C2=O)c1. The lowest BCUT2D eigenvalue weighted by Gasteiger charge is -2.21. The molecule has 0 unspecified atom stereocenters. The van der Waals surface area contributed by atoms with Crippen LogP contribution in [0.2, 0.25) is 0 Å². The zero-order valence-corrected chi connectivity index (χ0v) is 16.7. The highest BCUT2D eigenvalue weighted by Gasteiger charge is 2.48. The van der Waals surface area contributed by atoms with Gasteiger partial charge in [0.25, 0.3) is 0 Å². The van der Waals surface area contributed by atoms with Gasteiger partial charge in [0.05, 0.1) is 18.4 Å². The van der Waals surface area contributed by atoms with Gasteiger partial charge in [0.15, 0.2) is 0 Å². The van der Waals surface area contributed by atoms with Crippen molar-refractivity contribution in [3.8, 4) is 0 Å². The quantitative estimate of drug-likeness (QED) is 0.784. The van der Waals surface area contributed by atoms with Crippen LogP contribution in [0.15, 0.2) is 18.2 Å². The number of carbonyl (C=O) groups excluding carboxylic acids is 4. The molecule has 0 aromatic heterocycles. The summed E-state index contributed by atoms with van der Waals surface area (Å²) in [4.78, 5) is 52.1. The van der Waals surface area contributed by atoms with Crippen LogP contribution in [-0.4, -0.2) is 53.6 Å². The summed E-state index contributed by atoms with van der Waals surface area (Å²) in [5.74, 6) is -1.76. The number of fused-ring (bicyclic) bond motifs is 1. The second-order valence-corrected chi connectivity index (χ2v) is 7.88. The predicted octanol–water partition coefficient (Wildman–Crippen LogP) is 1.88. The number of anilines is 1. The van der Waals surface area contributed by atoms with Gasteiger partial charge in [-0.05, 0) is 43.9 Å². The Kier molecular flexibility index (Phi) is 5.82. The molecule has 150 valence electrons. The fourth-order valence-corrected chi connectivity index (χ4v) is 4.01. The summed E-state index contributed by atoms with van der Waals surface area (Å²) in [5, 5.41) is 2.81. The Bertz CT molecular complexity index is 796. The highest BCUT2D eigenvalue weighted by atomic mass is 16.2. The van der Waals surface area contributed by atoms with Crippen molar-refractivity contribution in [3.05, 3.63) is 29.3 Å². The van der Waals surface area contributed by atoms with Crippen LogP contribution in [0.5, 0.6) is 0 Å². The van der Waals surface area contributed by atoms with Crippen molar-refractivity contribution in [1.29, 1.82) is 0 Å². The van der Waals surface area contributed by atoms with Gasteiger partial charge in [0, 0.05) is 12.7 Å². The molecule has 0 radical (unpaired) electrons. The average Bonchev–Trinajstić information content (AvgIpc) is 2.90. The van der Waals surface area contributed by atoms with E-state index in [0.717, 1.165) is 28.9 Å². The van der Waals surface area contributed by atoms with Crippen LogP contribution in [0.4, 0.5) is 5.69 Å². The number of likely N-dealkylation sites (N-methyl/N-ethyl adjacent to an activating group) is 1. The van der Waals surface area contributed by atoms with Crippen LogP contribution in [0.3, 0.4) is 0 Å². The van der Waals surface area contributed by atoms with Crippen molar-refractivity contribution >= 4 is 29.3 Å². The molecule has 1 aliphatic carbocycles. The molecule has 1 saturated heterocycles. The van der Waals surface area contributed by atoms with Crippen LogP contribution in [0, 0.1) is 25.7 Å². The number of amides is 4. The van der Waals surface area contributed by atoms with E-state index >= 15 is 0 Å². The average molecular weight is 385 g/mol. The Labute approximate surface area is 165 Å². The summed E-state index contributed by atoms with van der Waals surface area (Å²) < 4.78 is 0. The molecule has 0 spiro atoms. The molecule has 1 aromatic carbocycles. The molecule has 1 N–H and O–H groups in total. The molecule has 7 heteroatoms. The number of hydrogen-bond donors (Lipinski definition) is 1. The molecule has 2 fully saturated rings. The molecule has 0 bridgehead atoms. The monoisotopic (exact) mass is 385 g/mol. The van der Waals surface area contributed by atoms with Crippen LogP contribution in [0.25, 0.3) is 0 Å². The van der Waals surface area contributed by atoms with E-state index in [2.05, 4.69) is 5.32 Å². The minimum Gasteiger partial charge on any atom is -0.335 e. The molecule has 4 amide bonds. The Morgan fingerprint density at radius 1 is 1.11 bits per heavy atom. The van der Waals surface area contributed by atoms with Crippen molar-refractivity contribution in [3.63, 3.8) is 0 Å². The third kappa shape index (κ3) is 4.08. The fraction of sp³-hybridized carbons (Fsp3) is 0.524. The molecular weight excluding hydrogens is 358 g/mol. The largest absolute Gasteiger partial charge is 0.335 e. The lowest BCUT2D eigenvalue weighted by molar-refractivity contribution is -0.146. The van der Waals surface area contributed by atoms with Crippen LogP contribution in [0.1, 0.15) is 36.8 Å². The minimum atomic E-state index is -0.420. The topological polar surface area (TPSA) is 86.8 Å². The summed E-state index contributed by atoms with van der Waals surface area (Å²) in [7, 11) is 1.50. The van der Waals surface area contributed by atoms with E-state index in [4.69, 9.17) is 0 Å². The Morgan fingerprint density at radius 3 is 2.32 bits per heavy atom. The molecule has 1 aliphatic heterocycles. The van der Waals surface area contributed by atoms with E-state index < -0.39 is 5.91 Å². The number of nitrogens with one attached hydrogen (secondary N) is 1. The summed E-state index contributed by atoms with van der Waals surface area (Å²) >= 11 is 0. The third-order valence-corrected chi connectivity index (χ3v) is 5.70. The van der Waals surface area contributed by atoms with Gasteiger partial charge in [-0.3, -0.25) is 24.1 Å². The second-order valence-electron chi connectivity index (χ2n) is 7.88. The van der Waals surface area contributed by atoms with E-state index in [1.54, 1.807) is 0 Å². The molecule has 1 heterocycles. The summed E-state index contributed by atoms with van der Waals surface area (Å²) in [6, 6.07) is 5.75. The van der Waals surface area contributed by atoms with Crippen LogP contribution >= 0.6 is 0 Å². The number of rotatable bonds is 5. The van der Waals surface area contributed by atoms with E-state index in [1.165, 1.54) is 11.9 Å². The van der Waals surface area contributed by atoms with Gasteiger partial charge < -0.3 is 10.2 Å². The Balaban J connectivity index is 1.57. The summed E-state index contributed by atoms with van der Waals surface area (Å²) in [6.07, 6.45) is 3.32. The van der Waals surface area contributed by atoms with Crippen molar-refractivity contribution < 1.29 is 19.2 Å². The van der Waals surface area contributed by atoms with Crippen LogP contribution < -0.4 is 5.32 Å². The molecule has 2 aliphatic rings. The van der Waals surface area contributed by atoms with Crippen molar-refractivity contribution in [2.45, 2.75) is 39.5 Å². The van der Waals surface area contributed by atoms with Gasteiger partial charge in [-0.1, -0.05) is 25.0 Å². The maximum atomic E-state index is 12.5. The van der Waals surface area contributed by atoms with Crippen LogP contribution in [-0.2, 0) is 19.2 Å². The lowest BCUT2D eigenvalue weighted by Crippen LogP contribution is -2.44. The molecule has 3 rings (SSSR count). The Morgan fingerprint density at radius 2 is 1.71 bits per heavy atom. The molecule has 28 heavy (non-hydrogen) atoms. The molecular formula is C21H27N3O4. The molecule has 1 saturated carbocycles. The maximum Gasteiger partial charge on any atom is 0.243 e. The fourth-order valence-electron chi connectivity index (χ4n) is 4.01. The zero-order valence-electron chi connectivity index (χ0n) is 16.7. The number of imide groups is 1. The Hall–Kier alpha value is -2.70. The van der Waals surface area contributed by atoms with Gasteiger partial charge in [-0.15, -0.1) is 0 Å². The summed E-state index contributed by atoms with van der Waals surface area (Å²) in [6.45, 7) is 3.40. The van der Waals surface area contributed by atoms with Crippen molar-refractivity contribution in [1.82, 2.24) is 9.80 Å². The first kappa shape index (κ1) is 20.0. The summed E-state index contributed by atoms with van der Waals surface area (Å²) in [5.41, 5.74) is 2.67. The maximum absolute atomic E-state index is 12.5. The minimum absolute atomic E-state index is 0.144. The van der Waals surface area contributed by atoms with E-state index in [-0.39, 0.29) is 42.6 Å². The number of nitrogens with zero attached hydrogens (tertiary/aromatic N) is 2. The second kappa shape index (κ2) is 8.12. The van der Waals surface area contributed by atoms with E-state index in [0.29, 0.717) is 18.5 Å². The first-order valence-corrected chi connectivity index (χ1v) is 9.74. The number of hydrogen-bond acceptors (Lipinski definition) is 4. The standard InChI is InChI=1S/C21H27N3O4/c1-13-8-9-14(2)17(10-13)22-18(25)11-23(3)19(26)12-24-20(27)15-6-4-5-7-16(15)21(24)28/h8-10,15-16H,4-7,11-12H2,1-3H3,(H,22,25)/t15-,16-/m1/s1. The number of carbonyl (C=O) groups is 4. The zero-order chi connectivity index (χ0) is 20.4. The van der Waals surface area contributed by atoms with E-state index in [9.17, 15) is 19.2 Å². The first-order chi connectivity index (χ1) is 13.3. The lowest BCUT2D eigenvalue weighted by atomic mass is 9.81. The van der Waals surface area contributed by atoms with Gasteiger partial charge in [0.1, 0.15) is 6.54 Å². The number of aryl methyl sites for hydroxylation is 2. The molecule has 7 nitrogen and oxygen atoms in total. The van der Waals surface area contributed by atoms with Gasteiger partial charge in [-0.2, -0.15) is 0 Å². The highest BCUT2D eigenvalue weighted by molar-refractivity contribution is 6.07. The van der Waals surface area contributed by atoms with Crippen molar-refractivity contribution in [2.24, 2.45) is 11.8 Å². The van der Waals surface area contributed by atoms with Gasteiger partial charge >= 0.3 is 0 Å². The molecule has 2 atom stereocenters.